The van der Waals surface area contributed by atoms with Crippen molar-refractivity contribution in [1.29, 1.82) is 0 Å². The van der Waals surface area contributed by atoms with Gasteiger partial charge in [0.25, 0.3) is 0 Å². The van der Waals surface area contributed by atoms with Gasteiger partial charge in [0.15, 0.2) is 0 Å². The van der Waals surface area contributed by atoms with Gasteiger partial charge in [0.1, 0.15) is 0 Å². The van der Waals surface area contributed by atoms with Gasteiger partial charge in [-0.3, -0.25) is 14.5 Å². The van der Waals surface area contributed by atoms with Crippen LogP contribution in [0.25, 0.3) is 0 Å². The van der Waals surface area contributed by atoms with Crippen LogP contribution in [0, 0.1) is 12.8 Å². The van der Waals surface area contributed by atoms with Crippen LogP contribution in [-0.2, 0) is 16.1 Å². The average Bonchev–Trinajstić information content (AvgIpc) is 2.72. The van der Waals surface area contributed by atoms with Crippen LogP contribution in [0.2, 0.25) is 5.02 Å². The summed E-state index contributed by atoms with van der Waals surface area (Å²) in [5.41, 5.74) is 8.72. The van der Waals surface area contributed by atoms with Crippen molar-refractivity contribution in [2.75, 3.05) is 38.5 Å². The lowest BCUT2D eigenvalue weighted by Crippen LogP contribution is -2.51. The van der Waals surface area contributed by atoms with Gasteiger partial charge in [0.05, 0.1) is 17.3 Å². The van der Waals surface area contributed by atoms with Crippen LogP contribution in [0.3, 0.4) is 0 Å². The fraction of sp³-hybridized carbons (Fsp3) is 0.636. The van der Waals surface area contributed by atoms with Gasteiger partial charge in [-0.1, -0.05) is 17.7 Å². The van der Waals surface area contributed by atoms with E-state index in [9.17, 15) is 18.4 Å². The molecule has 1 heterocycles. The van der Waals surface area contributed by atoms with Crippen LogP contribution in [0.4, 0.5) is 14.5 Å². The second-order valence-corrected chi connectivity index (χ2v) is 9.16. The number of hydrogen-bond donors (Lipinski definition) is 2. The summed E-state index contributed by atoms with van der Waals surface area (Å²) in [7, 11) is 0. The highest BCUT2D eigenvalue weighted by Crippen LogP contribution is 2.37. The molecule has 0 radical (unpaired) electrons. The van der Waals surface area contributed by atoms with Gasteiger partial charge in [-0.05, 0) is 42.9 Å². The number of anilines is 1. The molecular formula is C22H31ClF2N4O2. The third-order valence-electron chi connectivity index (χ3n) is 6.23. The lowest BCUT2D eigenvalue weighted by atomic mass is 9.84. The van der Waals surface area contributed by atoms with Gasteiger partial charge in [-0.25, -0.2) is 8.78 Å². The molecule has 0 aromatic heterocycles. The molecule has 1 aliphatic heterocycles. The fourth-order valence-corrected chi connectivity index (χ4v) is 4.57. The Labute approximate surface area is 187 Å². The summed E-state index contributed by atoms with van der Waals surface area (Å²) < 4.78 is 26.4. The SMILES string of the molecule is Cc1cc(Cl)c(N)c(CN2CCN(C(=O)CNC(=O)CC3CCC(F)(F)CC3)CC2)c1. The van der Waals surface area contributed by atoms with E-state index in [0.717, 1.165) is 11.1 Å². The summed E-state index contributed by atoms with van der Waals surface area (Å²) in [6.07, 6.45) is 0.598. The molecule has 0 bridgehead atoms. The van der Waals surface area contributed by atoms with Gasteiger partial charge in [0.2, 0.25) is 17.7 Å². The second-order valence-electron chi connectivity index (χ2n) is 8.76. The first-order valence-electron chi connectivity index (χ1n) is 10.8. The minimum atomic E-state index is -2.59. The van der Waals surface area contributed by atoms with Crippen molar-refractivity contribution in [2.24, 2.45) is 5.92 Å². The molecule has 1 aromatic rings. The summed E-state index contributed by atoms with van der Waals surface area (Å²) >= 11 is 6.17. The van der Waals surface area contributed by atoms with E-state index in [2.05, 4.69) is 10.2 Å². The molecule has 2 amide bonds. The summed E-state index contributed by atoms with van der Waals surface area (Å²) in [6, 6.07) is 3.87. The number of hydrogen-bond acceptors (Lipinski definition) is 4. The number of nitrogen functional groups attached to an aromatic ring is 1. The molecule has 3 rings (SSSR count). The third kappa shape index (κ3) is 6.77. The van der Waals surface area contributed by atoms with Gasteiger partial charge < -0.3 is 16.0 Å². The minimum Gasteiger partial charge on any atom is -0.397 e. The first-order chi connectivity index (χ1) is 14.6. The summed E-state index contributed by atoms with van der Waals surface area (Å²) in [6.45, 7) is 5.16. The number of halogens is 3. The quantitative estimate of drug-likeness (QED) is 0.644. The molecular weight excluding hydrogens is 426 g/mol. The van der Waals surface area contributed by atoms with Crippen LogP contribution < -0.4 is 11.1 Å². The molecule has 9 heteroatoms. The molecule has 1 saturated heterocycles. The summed E-state index contributed by atoms with van der Waals surface area (Å²) in [5, 5.41) is 3.21. The van der Waals surface area contributed by atoms with Crippen molar-refractivity contribution in [3.63, 3.8) is 0 Å². The Kier molecular flexibility index (Phi) is 7.75. The molecule has 1 aliphatic carbocycles. The highest BCUT2D eigenvalue weighted by Gasteiger charge is 2.35. The molecule has 31 heavy (non-hydrogen) atoms. The number of carbonyl (C=O) groups is 2. The molecule has 2 fully saturated rings. The van der Waals surface area contributed by atoms with E-state index in [1.807, 2.05) is 19.1 Å². The largest absolute Gasteiger partial charge is 0.397 e. The number of nitrogens with two attached hydrogens (primary N) is 1. The van der Waals surface area contributed by atoms with E-state index >= 15 is 0 Å². The van der Waals surface area contributed by atoms with E-state index in [1.165, 1.54) is 0 Å². The maximum atomic E-state index is 13.2. The van der Waals surface area contributed by atoms with Gasteiger partial charge in [-0.2, -0.15) is 0 Å². The molecule has 0 spiro atoms. The van der Waals surface area contributed by atoms with E-state index in [1.54, 1.807) is 4.90 Å². The molecule has 3 N–H and O–H groups in total. The predicted molar refractivity (Wildman–Crippen MR) is 117 cm³/mol. The normalized spacial score (nSPS) is 19.9. The van der Waals surface area contributed by atoms with Crippen molar-refractivity contribution in [2.45, 2.75) is 51.5 Å². The molecule has 172 valence electrons. The Morgan fingerprint density at radius 2 is 1.84 bits per heavy atom. The van der Waals surface area contributed by atoms with Crippen LogP contribution in [0.15, 0.2) is 12.1 Å². The maximum Gasteiger partial charge on any atom is 0.248 e. The molecule has 1 aromatic carbocycles. The van der Waals surface area contributed by atoms with Gasteiger partial charge in [-0.15, -0.1) is 0 Å². The number of benzene rings is 1. The third-order valence-corrected chi connectivity index (χ3v) is 6.54. The van der Waals surface area contributed by atoms with Crippen molar-refractivity contribution in [3.8, 4) is 0 Å². The van der Waals surface area contributed by atoms with Crippen LogP contribution >= 0.6 is 11.6 Å². The first kappa shape index (κ1) is 23.7. The average molecular weight is 457 g/mol. The van der Waals surface area contributed by atoms with Crippen LogP contribution in [0.1, 0.15) is 43.2 Å². The predicted octanol–water partition coefficient (Wildman–Crippen LogP) is 3.21. The highest BCUT2D eigenvalue weighted by atomic mass is 35.5. The number of nitrogens with zero attached hydrogens (tertiary/aromatic N) is 2. The topological polar surface area (TPSA) is 78.7 Å². The number of nitrogens with one attached hydrogen (secondary N) is 1. The highest BCUT2D eigenvalue weighted by molar-refractivity contribution is 6.33. The zero-order chi connectivity index (χ0) is 22.6. The van der Waals surface area contributed by atoms with Crippen LogP contribution in [-0.4, -0.2) is 60.3 Å². The molecule has 0 atom stereocenters. The maximum absolute atomic E-state index is 13.2. The first-order valence-corrected chi connectivity index (χ1v) is 11.2. The monoisotopic (exact) mass is 456 g/mol. The Morgan fingerprint density at radius 3 is 2.48 bits per heavy atom. The van der Waals surface area contributed by atoms with Crippen molar-refractivity contribution in [3.05, 3.63) is 28.3 Å². The lowest BCUT2D eigenvalue weighted by Gasteiger charge is -2.35. The van der Waals surface area contributed by atoms with E-state index < -0.39 is 5.92 Å². The zero-order valence-corrected chi connectivity index (χ0v) is 18.7. The number of carbonyl (C=O) groups excluding carboxylic acids is 2. The fourth-order valence-electron chi connectivity index (χ4n) is 4.28. The van der Waals surface area contributed by atoms with Crippen molar-refractivity contribution < 1.29 is 18.4 Å². The lowest BCUT2D eigenvalue weighted by molar-refractivity contribution is -0.134. The molecule has 0 unspecified atom stereocenters. The number of alkyl halides is 2. The Morgan fingerprint density at radius 1 is 1.19 bits per heavy atom. The van der Waals surface area contributed by atoms with E-state index in [0.29, 0.717) is 56.3 Å². The summed E-state index contributed by atoms with van der Waals surface area (Å²) in [5.74, 6) is -2.99. The smallest absolute Gasteiger partial charge is 0.248 e. The number of rotatable bonds is 6. The summed E-state index contributed by atoms with van der Waals surface area (Å²) in [4.78, 5) is 28.5. The van der Waals surface area contributed by atoms with Crippen molar-refractivity contribution in [1.82, 2.24) is 15.1 Å². The standard InChI is InChI=1S/C22H31ClF2N4O2/c1-15-10-17(21(26)18(23)11-15)14-28-6-8-29(9-7-28)20(31)13-27-19(30)12-16-2-4-22(24,25)5-3-16/h10-11,16H,2-9,12-14,26H2,1H3,(H,27,30). The van der Waals surface area contributed by atoms with Crippen molar-refractivity contribution >= 4 is 29.1 Å². The number of amides is 2. The minimum absolute atomic E-state index is 0.0270. The van der Waals surface area contributed by atoms with E-state index in [4.69, 9.17) is 17.3 Å². The number of piperazine rings is 1. The Hall–Kier alpha value is -1.93. The zero-order valence-electron chi connectivity index (χ0n) is 17.9. The Balaban J connectivity index is 1.38. The Bertz CT molecular complexity index is 803. The van der Waals surface area contributed by atoms with Gasteiger partial charge in [0, 0.05) is 52.0 Å². The molecule has 6 nitrogen and oxygen atoms in total. The van der Waals surface area contributed by atoms with Gasteiger partial charge >= 0.3 is 0 Å². The van der Waals surface area contributed by atoms with Crippen LogP contribution in [0.5, 0.6) is 0 Å². The molecule has 2 aliphatic rings. The number of aryl methyl sites for hydroxylation is 1. The second kappa shape index (κ2) is 10.1. The molecule has 1 saturated carbocycles. The van der Waals surface area contributed by atoms with E-state index in [-0.39, 0.29) is 43.5 Å².